The summed E-state index contributed by atoms with van der Waals surface area (Å²) in [4.78, 5) is 18.8. The van der Waals surface area contributed by atoms with Gasteiger partial charge in [-0.05, 0) is 38.2 Å². The summed E-state index contributed by atoms with van der Waals surface area (Å²) in [5.74, 6) is 0.890. The molecule has 4 heteroatoms. The molecule has 2 heterocycles. The van der Waals surface area contributed by atoms with Crippen molar-refractivity contribution in [2.45, 2.75) is 39.5 Å². The van der Waals surface area contributed by atoms with Gasteiger partial charge in [-0.3, -0.25) is 9.78 Å². The minimum atomic E-state index is 0.116. The molecule has 1 aromatic rings. The number of pyridine rings is 1. The number of carbonyl (C=O) groups is 1. The largest absolute Gasteiger partial charge is 0.385 e. The molecule has 110 valence electrons. The summed E-state index contributed by atoms with van der Waals surface area (Å²) < 4.78 is 0. The Morgan fingerprint density at radius 3 is 3.00 bits per heavy atom. The van der Waals surface area contributed by atoms with Crippen LogP contribution in [0.5, 0.6) is 0 Å². The van der Waals surface area contributed by atoms with Crippen molar-refractivity contribution in [1.82, 2.24) is 9.88 Å². The van der Waals surface area contributed by atoms with E-state index in [0.717, 1.165) is 44.1 Å². The van der Waals surface area contributed by atoms with Crippen molar-refractivity contribution in [2.75, 3.05) is 25.0 Å². The van der Waals surface area contributed by atoms with Crippen LogP contribution in [-0.2, 0) is 0 Å². The second kappa shape index (κ2) is 7.27. The SMILES string of the molecule is CCNc1ccncc1C(=O)N1CCCC(CC)CC1. The summed E-state index contributed by atoms with van der Waals surface area (Å²) in [6, 6.07) is 1.88. The standard InChI is InChI=1S/C16H25N3O/c1-3-13-6-5-10-19(11-8-13)16(20)14-12-17-9-7-15(14)18-4-2/h7,9,12-13H,3-6,8,10-11H2,1-2H3,(H,17,18). The highest BCUT2D eigenvalue weighted by Crippen LogP contribution is 2.23. The lowest BCUT2D eigenvalue weighted by molar-refractivity contribution is 0.0760. The number of likely N-dealkylation sites (tertiary alicyclic amines) is 1. The summed E-state index contributed by atoms with van der Waals surface area (Å²) >= 11 is 0. The zero-order chi connectivity index (χ0) is 14.4. The van der Waals surface area contributed by atoms with Crippen LogP contribution in [-0.4, -0.2) is 35.4 Å². The fraction of sp³-hybridized carbons (Fsp3) is 0.625. The average Bonchev–Trinajstić information content (AvgIpc) is 2.73. The van der Waals surface area contributed by atoms with Crippen LogP contribution >= 0.6 is 0 Å². The van der Waals surface area contributed by atoms with Crippen molar-refractivity contribution < 1.29 is 4.79 Å². The number of anilines is 1. The summed E-state index contributed by atoms with van der Waals surface area (Å²) in [6.07, 6.45) is 8.11. The number of hydrogen-bond donors (Lipinski definition) is 1. The Morgan fingerprint density at radius 2 is 2.25 bits per heavy atom. The molecule has 2 rings (SSSR count). The van der Waals surface area contributed by atoms with Gasteiger partial charge in [-0.25, -0.2) is 0 Å². The van der Waals surface area contributed by atoms with Crippen molar-refractivity contribution in [3.63, 3.8) is 0 Å². The minimum absolute atomic E-state index is 0.116. The first kappa shape index (κ1) is 14.8. The quantitative estimate of drug-likeness (QED) is 0.918. The molecule has 20 heavy (non-hydrogen) atoms. The van der Waals surface area contributed by atoms with Crippen LogP contribution in [0, 0.1) is 5.92 Å². The van der Waals surface area contributed by atoms with Gasteiger partial charge in [-0.2, -0.15) is 0 Å². The Hall–Kier alpha value is -1.58. The molecule has 0 radical (unpaired) electrons. The Morgan fingerprint density at radius 1 is 1.40 bits per heavy atom. The Bertz CT molecular complexity index is 447. The fourth-order valence-electron chi connectivity index (χ4n) is 2.86. The van der Waals surface area contributed by atoms with Crippen molar-refractivity contribution in [1.29, 1.82) is 0 Å². The molecule has 4 nitrogen and oxygen atoms in total. The van der Waals surface area contributed by atoms with Crippen molar-refractivity contribution in [3.8, 4) is 0 Å². The predicted octanol–water partition coefficient (Wildman–Crippen LogP) is 3.17. The molecular formula is C16H25N3O. The van der Waals surface area contributed by atoms with Gasteiger partial charge < -0.3 is 10.2 Å². The van der Waals surface area contributed by atoms with Crippen LogP contribution in [0.1, 0.15) is 49.9 Å². The summed E-state index contributed by atoms with van der Waals surface area (Å²) in [6.45, 7) is 6.83. The van der Waals surface area contributed by atoms with Crippen LogP contribution < -0.4 is 5.32 Å². The van der Waals surface area contributed by atoms with Crippen LogP contribution in [0.25, 0.3) is 0 Å². The van der Waals surface area contributed by atoms with E-state index in [2.05, 4.69) is 17.2 Å². The van der Waals surface area contributed by atoms with E-state index in [-0.39, 0.29) is 5.91 Å². The van der Waals surface area contributed by atoms with Crippen LogP contribution in [0.2, 0.25) is 0 Å². The maximum absolute atomic E-state index is 12.7. The molecule has 1 unspecified atom stereocenters. The fourth-order valence-corrected chi connectivity index (χ4v) is 2.86. The van der Waals surface area contributed by atoms with E-state index in [0.29, 0.717) is 5.56 Å². The molecule has 0 saturated carbocycles. The van der Waals surface area contributed by atoms with E-state index in [1.54, 1.807) is 12.4 Å². The third-order valence-electron chi connectivity index (χ3n) is 4.13. The summed E-state index contributed by atoms with van der Waals surface area (Å²) in [5.41, 5.74) is 1.59. The monoisotopic (exact) mass is 275 g/mol. The minimum Gasteiger partial charge on any atom is -0.385 e. The zero-order valence-corrected chi connectivity index (χ0v) is 12.6. The van der Waals surface area contributed by atoms with Gasteiger partial charge in [0.15, 0.2) is 0 Å². The van der Waals surface area contributed by atoms with Gasteiger partial charge >= 0.3 is 0 Å². The molecule has 1 fully saturated rings. The molecule has 1 amide bonds. The predicted molar refractivity (Wildman–Crippen MR) is 81.9 cm³/mol. The smallest absolute Gasteiger partial charge is 0.257 e. The number of nitrogens with zero attached hydrogens (tertiary/aromatic N) is 2. The maximum atomic E-state index is 12.7. The van der Waals surface area contributed by atoms with Crippen LogP contribution in [0.15, 0.2) is 18.5 Å². The number of aromatic nitrogens is 1. The molecule has 1 atom stereocenters. The second-order valence-corrected chi connectivity index (χ2v) is 5.45. The van der Waals surface area contributed by atoms with Gasteiger partial charge in [-0.1, -0.05) is 13.3 Å². The highest BCUT2D eigenvalue weighted by atomic mass is 16.2. The number of rotatable bonds is 4. The Balaban J connectivity index is 2.10. The molecule has 1 aliphatic rings. The number of amides is 1. The molecule has 0 spiro atoms. The topological polar surface area (TPSA) is 45.2 Å². The highest BCUT2D eigenvalue weighted by Gasteiger charge is 2.22. The maximum Gasteiger partial charge on any atom is 0.257 e. The van der Waals surface area contributed by atoms with E-state index in [4.69, 9.17) is 0 Å². The highest BCUT2D eigenvalue weighted by molar-refractivity contribution is 5.99. The first-order chi connectivity index (χ1) is 9.76. The zero-order valence-electron chi connectivity index (χ0n) is 12.6. The number of nitrogens with one attached hydrogen (secondary N) is 1. The molecule has 0 aromatic carbocycles. The lowest BCUT2D eigenvalue weighted by atomic mass is 9.98. The van der Waals surface area contributed by atoms with Crippen LogP contribution in [0.4, 0.5) is 5.69 Å². The lowest BCUT2D eigenvalue weighted by Crippen LogP contribution is -2.32. The first-order valence-electron chi connectivity index (χ1n) is 7.73. The number of hydrogen-bond acceptors (Lipinski definition) is 3. The molecule has 1 saturated heterocycles. The van der Waals surface area contributed by atoms with Crippen LogP contribution in [0.3, 0.4) is 0 Å². The lowest BCUT2D eigenvalue weighted by Gasteiger charge is -2.22. The molecule has 1 N–H and O–H groups in total. The molecule has 0 bridgehead atoms. The van der Waals surface area contributed by atoms with Crippen molar-refractivity contribution >= 4 is 11.6 Å². The summed E-state index contributed by atoms with van der Waals surface area (Å²) in [7, 11) is 0. The molecule has 1 aromatic heterocycles. The van der Waals surface area contributed by atoms with Gasteiger partial charge in [0.05, 0.1) is 11.3 Å². The van der Waals surface area contributed by atoms with E-state index in [1.165, 1.54) is 12.8 Å². The molecule has 1 aliphatic heterocycles. The number of carbonyl (C=O) groups excluding carboxylic acids is 1. The van der Waals surface area contributed by atoms with Gasteiger partial charge in [-0.15, -0.1) is 0 Å². The average molecular weight is 275 g/mol. The van der Waals surface area contributed by atoms with Crippen molar-refractivity contribution in [3.05, 3.63) is 24.0 Å². The Labute approximate surface area is 121 Å². The van der Waals surface area contributed by atoms with E-state index >= 15 is 0 Å². The third kappa shape index (κ3) is 3.50. The van der Waals surface area contributed by atoms with Crippen molar-refractivity contribution in [2.24, 2.45) is 5.92 Å². The van der Waals surface area contributed by atoms with Gasteiger partial charge in [0, 0.05) is 32.0 Å². The molecular weight excluding hydrogens is 250 g/mol. The first-order valence-corrected chi connectivity index (χ1v) is 7.73. The summed E-state index contributed by atoms with van der Waals surface area (Å²) in [5, 5.41) is 3.24. The van der Waals surface area contributed by atoms with Gasteiger partial charge in [0.2, 0.25) is 0 Å². The molecule has 0 aliphatic carbocycles. The van der Waals surface area contributed by atoms with E-state index in [1.807, 2.05) is 17.9 Å². The normalized spacial score (nSPS) is 19.5. The third-order valence-corrected chi connectivity index (χ3v) is 4.13. The van der Waals surface area contributed by atoms with E-state index in [9.17, 15) is 4.79 Å². The second-order valence-electron chi connectivity index (χ2n) is 5.45. The van der Waals surface area contributed by atoms with Gasteiger partial charge in [0.25, 0.3) is 5.91 Å². The van der Waals surface area contributed by atoms with E-state index < -0.39 is 0 Å². The Kier molecular flexibility index (Phi) is 5.39. The van der Waals surface area contributed by atoms with Gasteiger partial charge in [0.1, 0.15) is 0 Å².